The first-order valence-electron chi connectivity index (χ1n) is 38.9. The first-order chi connectivity index (χ1) is 41.6. The molecule has 0 amide bonds. The minimum atomic E-state index is -0.768. The van der Waals surface area contributed by atoms with E-state index in [4.69, 9.17) is 9.47 Å². The predicted molar refractivity (Wildman–Crippen MR) is 372 cm³/mol. The first-order valence-corrected chi connectivity index (χ1v) is 38.9. The van der Waals surface area contributed by atoms with Gasteiger partial charge in [0.05, 0.1) is 6.61 Å². The van der Waals surface area contributed by atoms with E-state index < -0.39 is 6.10 Å². The molecule has 0 fully saturated rings. The molecular formula is C79H152O5. The summed E-state index contributed by atoms with van der Waals surface area (Å²) in [7, 11) is 0. The maximum Gasteiger partial charge on any atom is 0.306 e. The van der Waals surface area contributed by atoms with Crippen LogP contribution in [0.15, 0.2) is 24.3 Å². The lowest BCUT2D eigenvalue weighted by Gasteiger charge is -2.15. The Bertz CT molecular complexity index is 1290. The van der Waals surface area contributed by atoms with Gasteiger partial charge in [-0.3, -0.25) is 9.59 Å². The molecule has 1 unspecified atom stereocenters. The van der Waals surface area contributed by atoms with Crippen molar-refractivity contribution in [2.24, 2.45) is 0 Å². The summed E-state index contributed by atoms with van der Waals surface area (Å²) in [6, 6.07) is 0. The predicted octanol–water partition coefficient (Wildman–Crippen LogP) is 27.1. The zero-order chi connectivity index (χ0) is 60.5. The molecule has 5 nitrogen and oxygen atoms in total. The van der Waals surface area contributed by atoms with Crippen LogP contribution in [0, 0.1) is 0 Å². The summed E-state index contributed by atoms with van der Waals surface area (Å²) in [5.41, 5.74) is 0. The molecule has 0 aromatic heterocycles. The number of ether oxygens (including phenoxy) is 2. The third-order valence-electron chi connectivity index (χ3n) is 18.2. The van der Waals surface area contributed by atoms with Crippen molar-refractivity contribution in [2.45, 2.75) is 457 Å². The molecule has 0 aliphatic carbocycles. The van der Waals surface area contributed by atoms with Crippen molar-refractivity contribution >= 4 is 11.9 Å². The maximum atomic E-state index is 12.4. The number of esters is 2. The summed E-state index contributed by atoms with van der Waals surface area (Å²) in [6.07, 6.45) is 99.8. The van der Waals surface area contributed by atoms with Crippen LogP contribution >= 0.6 is 0 Å². The largest absolute Gasteiger partial charge is 0.462 e. The van der Waals surface area contributed by atoms with E-state index in [1.54, 1.807) is 0 Å². The van der Waals surface area contributed by atoms with Gasteiger partial charge in [-0.15, -0.1) is 0 Å². The summed E-state index contributed by atoms with van der Waals surface area (Å²) in [5.74, 6) is -0.559. The van der Waals surface area contributed by atoms with Gasteiger partial charge in [0.2, 0.25) is 0 Å². The van der Waals surface area contributed by atoms with Crippen LogP contribution < -0.4 is 0 Å². The summed E-state index contributed by atoms with van der Waals surface area (Å²) in [4.78, 5) is 24.7. The average molecular weight is 1180 g/mol. The highest BCUT2D eigenvalue weighted by atomic mass is 16.6. The molecule has 0 radical (unpaired) electrons. The Balaban J connectivity index is 3.35. The Morgan fingerprint density at radius 3 is 0.702 bits per heavy atom. The number of rotatable bonds is 74. The molecule has 0 heterocycles. The fourth-order valence-electron chi connectivity index (χ4n) is 12.4. The number of allylic oxidation sites excluding steroid dienone is 4. The molecule has 0 saturated carbocycles. The molecule has 1 N–H and O–H groups in total. The quantitative estimate of drug-likeness (QED) is 0.0373. The molecule has 0 saturated heterocycles. The summed E-state index contributed by atoms with van der Waals surface area (Å²) in [5, 5.41) is 9.72. The second kappa shape index (κ2) is 75.6. The third kappa shape index (κ3) is 72.9. The Labute approximate surface area is 527 Å². The van der Waals surface area contributed by atoms with Crippen LogP contribution in [0.25, 0.3) is 0 Å². The third-order valence-corrected chi connectivity index (χ3v) is 18.2. The van der Waals surface area contributed by atoms with Gasteiger partial charge in [0, 0.05) is 12.8 Å². The van der Waals surface area contributed by atoms with Gasteiger partial charge >= 0.3 is 11.9 Å². The number of hydrogen-bond acceptors (Lipinski definition) is 5. The van der Waals surface area contributed by atoms with Crippen molar-refractivity contribution in [3.63, 3.8) is 0 Å². The van der Waals surface area contributed by atoms with E-state index in [0.717, 1.165) is 38.5 Å². The van der Waals surface area contributed by atoms with Gasteiger partial charge in [-0.25, -0.2) is 0 Å². The normalized spacial score (nSPS) is 12.2. The molecule has 1 atom stereocenters. The van der Waals surface area contributed by atoms with E-state index in [2.05, 4.69) is 38.2 Å². The Morgan fingerprint density at radius 2 is 0.476 bits per heavy atom. The fourth-order valence-corrected chi connectivity index (χ4v) is 12.4. The molecule has 0 bridgehead atoms. The van der Waals surface area contributed by atoms with Crippen molar-refractivity contribution in [3.05, 3.63) is 24.3 Å². The SMILES string of the molecule is CCCCCCC/C=C\C/C=C\CCCCCCCCCCCCCCCCCCCCCCCCCCCC(=O)OC(CO)COC(=O)CCCCCCCCCCCCCCCCCCCCCCCCCCCCCCCCCCC. The van der Waals surface area contributed by atoms with Crippen LogP contribution in [0.2, 0.25) is 0 Å². The second-order valence-electron chi connectivity index (χ2n) is 26.8. The molecule has 0 aromatic carbocycles. The molecule has 0 rings (SSSR count). The zero-order valence-electron chi connectivity index (χ0n) is 57.5. The van der Waals surface area contributed by atoms with E-state index in [1.807, 2.05) is 0 Å². The fraction of sp³-hybridized carbons (Fsp3) is 0.924. The monoisotopic (exact) mass is 1180 g/mol. The van der Waals surface area contributed by atoms with Gasteiger partial charge in [-0.05, 0) is 44.9 Å². The lowest BCUT2D eigenvalue weighted by molar-refractivity contribution is -0.161. The number of aliphatic hydroxyl groups is 1. The van der Waals surface area contributed by atoms with E-state index in [1.165, 1.54) is 385 Å². The highest BCUT2D eigenvalue weighted by molar-refractivity contribution is 5.70. The van der Waals surface area contributed by atoms with Gasteiger partial charge in [0.25, 0.3) is 0 Å². The van der Waals surface area contributed by atoms with Crippen molar-refractivity contribution in [2.75, 3.05) is 13.2 Å². The number of carbonyl (C=O) groups is 2. The maximum absolute atomic E-state index is 12.4. The molecule has 0 aromatic rings. The van der Waals surface area contributed by atoms with E-state index >= 15 is 0 Å². The van der Waals surface area contributed by atoms with Crippen molar-refractivity contribution < 1.29 is 24.2 Å². The standard InChI is InChI=1S/C79H152O5/c1-3-5-7-9-11-13-15-17-19-21-23-25-27-29-31-33-35-37-38-39-40-42-44-46-48-50-52-54-56-58-60-62-64-66-68-70-72-74-79(82)84-77(75-80)76-83-78(81)73-71-69-67-65-63-61-59-57-55-53-51-49-47-45-43-41-36-34-32-30-28-26-24-22-20-18-16-14-12-10-8-6-4-2/h15,17,21,23,77,80H,3-14,16,18-20,22,24-76H2,1-2H3/b17-15-,23-21-. The first kappa shape index (κ1) is 82.4. The lowest BCUT2D eigenvalue weighted by atomic mass is 10.0. The molecule has 0 spiro atoms. The van der Waals surface area contributed by atoms with Gasteiger partial charge in [0.15, 0.2) is 6.10 Å². The van der Waals surface area contributed by atoms with E-state index in [9.17, 15) is 14.7 Å². The van der Waals surface area contributed by atoms with Gasteiger partial charge in [-0.2, -0.15) is 0 Å². The van der Waals surface area contributed by atoms with Gasteiger partial charge in [-0.1, -0.05) is 417 Å². The minimum absolute atomic E-state index is 0.0568. The number of hydrogen-bond donors (Lipinski definition) is 1. The molecule has 84 heavy (non-hydrogen) atoms. The van der Waals surface area contributed by atoms with Crippen LogP contribution in [-0.4, -0.2) is 36.4 Å². The number of carbonyl (C=O) groups excluding carboxylic acids is 2. The Hall–Kier alpha value is -1.62. The Kier molecular flexibility index (Phi) is 74.2. The molecule has 498 valence electrons. The van der Waals surface area contributed by atoms with Crippen molar-refractivity contribution in [1.29, 1.82) is 0 Å². The van der Waals surface area contributed by atoms with E-state index in [0.29, 0.717) is 12.8 Å². The average Bonchev–Trinajstić information content (AvgIpc) is 3.51. The van der Waals surface area contributed by atoms with Crippen LogP contribution in [0.4, 0.5) is 0 Å². The van der Waals surface area contributed by atoms with Gasteiger partial charge in [0.1, 0.15) is 6.61 Å². The zero-order valence-corrected chi connectivity index (χ0v) is 57.5. The summed E-state index contributed by atoms with van der Waals surface area (Å²) in [6.45, 7) is 4.21. The second-order valence-corrected chi connectivity index (χ2v) is 26.8. The van der Waals surface area contributed by atoms with Crippen molar-refractivity contribution in [3.8, 4) is 0 Å². The summed E-state index contributed by atoms with van der Waals surface area (Å²) < 4.78 is 10.8. The highest BCUT2D eigenvalue weighted by Gasteiger charge is 2.16. The molecule has 5 heteroatoms. The minimum Gasteiger partial charge on any atom is -0.462 e. The topological polar surface area (TPSA) is 72.8 Å². The Morgan fingerprint density at radius 1 is 0.274 bits per heavy atom. The number of unbranched alkanes of at least 4 members (excludes halogenated alkanes) is 62. The lowest BCUT2D eigenvalue weighted by Crippen LogP contribution is -2.28. The van der Waals surface area contributed by atoms with E-state index in [-0.39, 0.29) is 25.2 Å². The van der Waals surface area contributed by atoms with Crippen LogP contribution in [0.1, 0.15) is 450 Å². The molecule has 0 aliphatic rings. The summed E-state index contributed by atoms with van der Waals surface area (Å²) >= 11 is 0. The molecule has 0 aliphatic heterocycles. The number of aliphatic hydroxyl groups excluding tert-OH is 1. The van der Waals surface area contributed by atoms with Gasteiger partial charge < -0.3 is 14.6 Å². The van der Waals surface area contributed by atoms with Crippen LogP contribution in [0.5, 0.6) is 0 Å². The molecular weight excluding hydrogens is 1030 g/mol. The van der Waals surface area contributed by atoms with Crippen molar-refractivity contribution in [1.82, 2.24) is 0 Å². The van der Waals surface area contributed by atoms with Crippen LogP contribution in [0.3, 0.4) is 0 Å². The highest BCUT2D eigenvalue weighted by Crippen LogP contribution is 2.20. The van der Waals surface area contributed by atoms with Crippen LogP contribution in [-0.2, 0) is 19.1 Å². The smallest absolute Gasteiger partial charge is 0.306 e.